The first kappa shape index (κ1) is 18.2. The Morgan fingerprint density at radius 3 is 2.19 bits per heavy atom. The number of benzene rings is 2. The summed E-state index contributed by atoms with van der Waals surface area (Å²) in [4.78, 5) is 26.3. The van der Waals surface area contributed by atoms with Crippen molar-refractivity contribution in [3.8, 4) is 5.69 Å². The minimum absolute atomic E-state index is 0.114. The summed E-state index contributed by atoms with van der Waals surface area (Å²) in [7, 11) is 1.48. The van der Waals surface area contributed by atoms with Crippen LogP contribution in [0.2, 0.25) is 0 Å². The molecule has 0 atom stereocenters. The Balaban J connectivity index is 2.12. The van der Waals surface area contributed by atoms with E-state index in [9.17, 15) is 9.59 Å². The van der Waals surface area contributed by atoms with Gasteiger partial charge in [-0.25, -0.2) is 9.48 Å². The Kier molecular flexibility index (Phi) is 5.21. The van der Waals surface area contributed by atoms with Gasteiger partial charge in [-0.05, 0) is 24.3 Å². The molecule has 3 rings (SSSR count). The minimum Gasteiger partial charge on any atom is -0.465 e. The number of carbonyl (C=O) groups excluding carboxylic acids is 1. The standard InChI is InChI=1S/C20H20N4O3/c1-15(25)23(17-9-5-3-6-10-17)19-13-16(14-22(2)20(26)27)21-24(19)18-11-7-4-8-12-18/h3-13H,14H2,1-2H3,(H,26,27). The van der Waals surface area contributed by atoms with E-state index in [1.54, 1.807) is 15.6 Å². The second kappa shape index (κ2) is 7.74. The fourth-order valence-electron chi connectivity index (χ4n) is 2.78. The molecule has 0 aliphatic carbocycles. The largest absolute Gasteiger partial charge is 0.465 e. The zero-order valence-corrected chi connectivity index (χ0v) is 15.1. The van der Waals surface area contributed by atoms with Crippen LogP contribution in [0.3, 0.4) is 0 Å². The predicted molar refractivity (Wildman–Crippen MR) is 102 cm³/mol. The lowest BCUT2D eigenvalue weighted by molar-refractivity contribution is -0.115. The summed E-state index contributed by atoms with van der Waals surface area (Å²) >= 11 is 0. The summed E-state index contributed by atoms with van der Waals surface area (Å²) in [5.74, 6) is 0.380. The zero-order chi connectivity index (χ0) is 19.4. The summed E-state index contributed by atoms with van der Waals surface area (Å²) in [6.07, 6.45) is -1.04. The molecule has 2 amide bonds. The highest BCUT2D eigenvalue weighted by molar-refractivity contribution is 5.98. The predicted octanol–water partition coefficient (Wildman–Crippen LogP) is 3.67. The molecule has 1 N–H and O–H groups in total. The maximum atomic E-state index is 12.4. The fraction of sp³-hybridized carbons (Fsp3) is 0.150. The number of anilines is 2. The molecule has 7 nitrogen and oxygen atoms in total. The molecule has 0 unspecified atom stereocenters. The number of amides is 2. The molecule has 0 aliphatic rings. The molecule has 0 bridgehead atoms. The van der Waals surface area contributed by atoms with Crippen molar-refractivity contribution in [1.82, 2.24) is 14.7 Å². The highest BCUT2D eigenvalue weighted by atomic mass is 16.4. The van der Waals surface area contributed by atoms with Crippen LogP contribution in [0.25, 0.3) is 5.69 Å². The first-order chi connectivity index (χ1) is 13.0. The van der Waals surface area contributed by atoms with Crippen molar-refractivity contribution in [3.63, 3.8) is 0 Å². The van der Waals surface area contributed by atoms with E-state index in [1.807, 2.05) is 60.7 Å². The van der Waals surface area contributed by atoms with Gasteiger partial charge in [-0.2, -0.15) is 5.10 Å². The molecule has 138 valence electrons. The third-order valence-electron chi connectivity index (χ3n) is 4.03. The zero-order valence-electron chi connectivity index (χ0n) is 15.1. The SMILES string of the molecule is CC(=O)N(c1ccccc1)c1cc(CN(C)C(=O)O)nn1-c1ccccc1. The van der Waals surface area contributed by atoms with Crippen LogP contribution in [0.15, 0.2) is 66.7 Å². The van der Waals surface area contributed by atoms with Gasteiger partial charge in [-0.3, -0.25) is 9.69 Å². The molecule has 2 aromatic carbocycles. The average Bonchev–Trinajstić information content (AvgIpc) is 3.06. The molecule has 7 heteroatoms. The van der Waals surface area contributed by atoms with Crippen molar-refractivity contribution in [2.24, 2.45) is 0 Å². The number of hydrogen-bond acceptors (Lipinski definition) is 3. The third kappa shape index (κ3) is 3.98. The normalized spacial score (nSPS) is 10.4. The van der Waals surface area contributed by atoms with E-state index in [0.29, 0.717) is 17.2 Å². The first-order valence-electron chi connectivity index (χ1n) is 8.41. The Morgan fingerprint density at radius 1 is 1.04 bits per heavy atom. The maximum Gasteiger partial charge on any atom is 0.407 e. The second-order valence-electron chi connectivity index (χ2n) is 6.07. The molecule has 0 aliphatic heterocycles. The van der Waals surface area contributed by atoms with Gasteiger partial charge in [0.2, 0.25) is 5.91 Å². The molecular formula is C20H20N4O3. The van der Waals surface area contributed by atoms with Crippen LogP contribution in [-0.4, -0.2) is 38.8 Å². The van der Waals surface area contributed by atoms with Crippen molar-refractivity contribution in [2.75, 3.05) is 11.9 Å². The van der Waals surface area contributed by atoms with Gasteiger partial charge < -0.3 is 10.0 Å². The summed E-state index contributed by atoms with van der Waals surface area (Å²) in [5.41, 5.74) is 2.03. The van der Waals surface area contributed by atoms with Crippen LogP contribution in [-0.2, 0) is 11.3 Å². The Bertz CT molecular complexity index is 938. The van der Waals surface area contributed by atoms with Crippen LogP contribution in [0.1, 0.15) is 12.6 Å². The molecule has 1 aromatic heterocycles. The van der Waals surface area contributed by atoms with E-state index in [1.165, 1.54) is 14.0 Å². The highest BCUT2D eigenvalue weighted by Crippen LogP contribution is 2.29. The van der Waals surface area contributed by atoms with Gasteiger partial charge in [0.05, 0.1) is 23.6 Å². The summed E-state index contributed by atoms with van der Waals surface area (Å²) in [6, 6.07) is 20.4. The molecule has 27 heavy (non-hydrogen) atoms. The van der Waals surface area contributed by atoms with E-state index in [0.717, 1.165) is 10.6 Å². The lowest BCUT2D eigenvalue weighted by atomic mass is 10.2. The van der Waals surface area contributed by atoms with Crippen molar-refractivity contribution in [3.05, 3.63) is 72.4 Å². The topological polar surface area (TPSA) is 78.7 Å². The van der Waals surface area contributed by atoms with E-state index in [4.69, 9.17) is 5.11 Å². The monoisotopic (exact) mass is 364 g/mol. The minimum atomic E-state index is -1.04. The third-order valence-corrected chi connectivity index (χ3v) is 4.03. The average molecular weight is 364 g/mol. The highest BCUT2D eigenvalue weighted by Gasteiger charge is 2.22. The summed E-state index contributed by atoms with van der Waals surface area (Å²) in [6.45, 7) is 1.60. The number of carbonyl (C=O) groups is 2. The molecule has 0 fully saturated rings. The molecule has 3 aromatic rings. The van der Waals surface area contributed by atoms with Gasteiger partial charge in [0.15, 0.2) is 0 Å². The van der Waals surface area contributed by atoms with Gasteiger partial charge >= 0.3 is 6.09 Å². The van der Waals surface area contributed by atoms with E-state index in [-0.39, 0.29) is 12.5 Å². The summed E-state index contributed by atoms with van der Waals surface area (Å²) in [5, 5.41) is 13.7. The molecule has 1 heterocycles. The number of rotatable bonds is 5. The van der Waals surface area contributed by atoms with Gasteiger partial charge in [0, 0.05) is 20.0 Å². The molecule has 0 radical (unpaired) electrons. The van der Waals surface area contributed by atoms with Crippen LogP contribution in [0.5, 0.6) is 0 Å². The van der Waals surface area contributed by atoms with Gasteiger partial charge in [0.1, 0.15) is 5.82 Å². The Morgan fingerprint density at radius 2 is 1.63 bits per heavy atom. The first-order valence-corrected chi connectivity index (χ1v) is 8.41. The van der Waals surface area contributed by atoms with E-state index >= 15 is 0 Å². The molecule has 0 saturated carbocycles. The number of hydrogen-bond donors (Lipinski definition) is 1. The van der Waals surface area contributed by atoms with Crippen LogP contribution < -0.4 is 4.90 Å². The number of aromatic nitrogens is 2. The smallest absolute Gasteiger partial charge is 0.407 e. The van der Waals surface area contributed by atoms with Crippen LogP contribution in [0.4, 0.5) is 16.3 Å². The van der Waals surface area contributed by atoms with Gasteiger partial charge in [0.25, 0.3) is 0 Å². The number of carboxylic acid groups (broad SMARTS) is 1. The summed E-state index contributed by atoms with van der Waals surface area (Å²) < 4.78 is 1.65. The number of nitrogens with zero attached hydrogens (tertiary/aromatic N) is 4. The van der Waals surface area contributed by atoms with Gasteiger partial charge in [-0.15, -0.1) is 0 Å². The quantitative estimate of drug-likeness (QED) is 0.749. The maximum absolute atomic E-state index is 12.4. The lowest BCUT2D eigenvalue weighted by Gasteiger charge is -2.22. The van der Waals surface area contributed by atoms with Crippen molar-refractivity contribution >= 4 is 23.5 Å². The second-order valence-corrected chi connectivity index (χ2v) is 6.07. The van der Waals surface area contributed by atoms with Crippen molar-refractivity contribution in [2.45, 2.75) is 13.5 Å². The van der Waals surface area contributed by atoms with E-state index in [2.05, 4.69) is 5.10 Å². The molecular weight excluding hydrogens is 344 g/mol. The van der Waals surface area contributed by atoms with Crippen LogP contribution >= 0.6 is 0 Å². The van der Waals surface area contributed by atoms with Crippen molar-refractivity contribution in [1.29, 1.82) is 0 Å². The lowest BCUT2D eigenvalue weighted by Crippen LogP contribution is -2.25. The van der Waals surface area contributed by atoms with E-state index < -0.39 is 6.09 Å². The fourth-order valence-corrected chi connectivity index (χ4v) is 2.78. The molecule has 0 spiro atoms. The van der Waals surface area contributed by atoms with Crippen molar-refractivity contribution < 1.29 is 14.7 Å². The van der Waals surface area contributed by atoms with Crippen LogP contribution in [0, 0.1) is 0 Å². The number of para-hydroxylation sites is 2. The molecule has 0 saturated heterocycles. The Labute approximate surface area is 157 Å². The van der Waals surface area contributed by atoms with Gasteiger partial charge in [-0.1, -0.05) is 36.4 Å². The Hall–Kier alpha value is -3.61.